The van der Waals surface area contributed by atoms with Gasteiger partial charge in [-0.25, -0.2) is 4.98 Å². The minimum Gasteiger partial charge on any atom is -0.474 e. The fourth-order valence-corrected chi connectivity index (χ4v) is 1.25. The van der Waals surface area contributed by atoms with Crippen molar-refractivity contribution in [2.45, 2.75) is 33.1 Å². The topological polar surface area (TPSA) is 80.7 Å². The van der Waals surface area contributed by atoms with E-state index in [1.807, 2.05) is 13.8 Å². The average Bonchev–Trinajstić information content (AvgIpc) is 2.36. The molecule has 0 radical (unpaired) electrons. The summed E-state index contributed by atoms with van der Waals surface area (Å²) < 4.78 is 43.3. The molecule has 0 aliphatic heterocycles. The van der Waals surface area contributed by atoms with Crippen LogP contribution in [0.3, 0.4) is 0 Å². The number of aromatic nitrogens is 1. The molecule has 0 fully saturated rings. The number of oxime groups is 1. The van der Waals surface area contributed by atoms with E-state index in [2.05, 4.69) is 10.1 Å². The molecular weight excluding hydrogens is 275 g/mol. The SMILES string of the molecule is CC(C)C(C)Oc1nc(C(F)(F)F)ccc1/C(N)=N/O. The van der Waals surface area contributed by atoms with Gasteiger partial charge in [0.2, 0.25) is 5.88 Å². The lowest BCUT2D eigenvalue weighted by Crippen LogP contribution is -2.24. The summed E-state index contributed by atoms with van der Waals surface area (Å²) >= 11 is 0. The van der Waals surface area contributed by atoms with Crippen LogP contribution in [-0.4, -0.2) is 22.1 Å². The summed E-state index contributed by atoms with van der Waals surface area (Å²) in [4.78, 5) is 3.42. The predicted molar refractivity (Wildman–Crippen MR) is 66.7 cm³/mol. The second-order valence-corrected chi connectivity index (χ2v) is 4.60. The van der Waals surface area contributed by atoms with Gasteiger partial charge in [-0.1, -0.05) is 19.0 Å². The minimum absolute atomic E-state index is 0.00741. The Labute approximate surface area is 114 Å². The highest BCUT2D eigenvalue weighted by Gasteiger charge is 2.34. The highest BCUT2D eigenvalue weighted by atomic mass is 19.4. The number of rotatable bonds is 4. The molecule has 0 spiro atoms. The van der Waals surface area contributed by atoms with Crippen LogP contribution in [0, 0.1) is 5.92 Å². The molecule has 0 aromatic carbocycles. The van der Waals surface area contributed by atoms with Gasteiger partial charge in [0.15, 0.2) is 5.84 Å². The van der Waals surface area contributed by atoms with Crippen molar-refractivity contribution in [3.8, 4) is 5.88 Å². The quantitative estimate of drug-likeness (QED) is 0.387. The van der Waals surface area contributed by atoms with Crippen LogP contribution in [0.2, 0.25) is 0 Å². The summed E-state index contributed by atoms with van der Waals surface area (Å²) in [6.45, 7) is 5.39. The smallest absolute Gasteiger partial charge is 0.433 e. The molecule has 112 valence electrons. The number of amidine groups is 1. The Bertz CT molecular complexity index is 501. The number of pyridine rings is 1. The molecule has 1 unspecified atom stereocenters. The molecule has 1 atom stereocenters. The fourth-order valence-electron chi connectivity index (χ4n) is 1.25. The zero-order valence-electron chi connectivity index (χ0n) is 11.3. The van der Waals surface area contributed by atoms with Crippen LogP contribution in [0.5, 0.6) is 5.88 Å². The van der Waals surface area contributed by atoms with E-state index in [0.717, 1.165) is 12.1 Å². The number of nitrogens with zero attached hydrogens (tertiary/aromatic N) is 2. The van der Waals surface area contributed by atoms with Gasteiger partial charge in [0.25, 0.3) is 0 Å². The molecule has 0 aliphatic rings. The van der Waals surface area contributed by atoms with Gasteiger partial charge in [0, 0.05) is 0 Å². The van der Waals surface area contributed by atoms with E-state index in [1.54, 1.807) is 6.92 Å². The van der Waals surface area contributed by atoms with Crippen molar-refractivity contribution < 1.29 is 23.1 Å². The molecule has 1 rings (SSSR count). The number of hydrogen-bond acceptors (Lipinski definition) is 4. The Kier molecular flexibility index (Phi) is 4.80. The van der Waals surface area contributed by atoms with Crippen molar-refractivity contribution in [1.29, 1.82) is 0 Å². The number of nitrogens with two attached hydrogens (primary N) is 1. The molecule has 0 amide bonds. The number of ether oxygens (including phenoxy) is 1. The molecule has 0 saturated heterocycles. The molecule has 0 bridgehead atoms. The third kappa shape index (κ3) is 3.75. The molecule has 0 aliphatic carbocycles. The second kappa shape index (κ2) is 5.98. The van der Waals surface area contributed by atoms with Gasteiger partial charge in [-0.2, -0.15) is 13.2 Å². The van der Waals surface area contributed by atoms with Gasteiger partial charge in [-0.05, 0) is 25.0 Å². The molecule has 8 heteroatoms. The van der Waals surface area contributed by atoms with Crippen LogP contribution < -0.4 is 10.5 Å². The Morgan fingerprint density at radius 1 is 1.35 bits per heavy atom. The maximum Gasteiger partial charge on any atom is 0.433 e. The van der Waals surface area contributed by atoms with Crippen LogP contribution >= 0.6 is 0 Å². The van der Waals surface area contributed by atoms with Crippen molar-refractivity contribution in [2.24, 2.45) is 16.8 Å². The van der Waals surface area contributed by atoms with Gasteiger partial charge >= 0.3 is 6.18 Å². The summed E-state index contributed by atoms with van der Waals surface area (Å²) in [5, 5.41) is 11.4. The summed E-state index contributed by atoms with van der Waals surface area (Å²) in [7, 11) is 0. The largest absolute Gasteiger partial charge is 0.474 e. The predicted octanol–water partition coefficient (Wildman–Crippen LogP) is 2.62. The molecule has 3 N–H and O–H groups in total. The molecule has 5 nitrogen and oxygen atoms in total. The first-order valence-electron chi connectivity index (χ1n) is 5.89. The van der Waals surface area contributed by atoms with Gasteiger partial charge in [0.05, 0.1) is 11.7 Å². The monoisotopic (exact) mass is 291 g/mol. The van der Waals surface area contributed by atoms with Crippen molar-refractivity contribution >= 4 is 5.84 Å². The Morgan fingerprint density at radius 3 is 2.40 bits per heavy atom. The number of halogens is 3. The van der Waals surface area contributed by atoms with Crippen LogP contribution in [0.15, 0.2) is 17.3 Å². The summed E-state index contributed by atoms with van der Waals surface area (Å²) in [6, 6.07) is 1.81. The van der Waals surface area contributed by atoms with Crippen LogP contribution in [-0.2, 0) is 6.18 Å². The summed E-state index contributed by atoms with van der Waals surface area (Å²) in [6.07, 6.45) is -4.97. The Balaban J connectivity index is 3.27. The lowest BCUT2D eigenvalue weighted by Gasteiger charge is -2.20. The lowest BCUT2D eigenvalue weighted by atomic mass is 10.1. The fraction of sp³-hybridized carbons (Fsp3) is 0.500. The highest BCUT2D eigenvalue weighted by molar-refractivity contribution is 5.99. The van der Waals surface area contributed by atoms with E-state index < -0.39 is 11.9 Å². The maximum atomic E-state index is 12.6. The second-order valence-electron chi connectivity index (χ2n) is 4.60. The minimum atomic E-state index is -4.59. The third-order valence-electron chi connectivity index (χ3n) is 2.77. The number of hydrogen-bond donors (Lipinski definition) is 2. The standard InChI is InChI=1S/C12H16F3N3O2/c1-6(2)7(3)20-11-8(10(16)18-19)4-5-9(17-11)12(13,14)15/h4-7,19H,1-3H3,(H2,16,18). The summed E-state index contributed by atoms with van der Waals surface area (Å²) in [5.74, 6) is -0.611. The van der Waals surface area contributed by atoms with E-state index in [4.69, 9.17) is 15.7 Å². The molecule has 20 heavy (non-hydrogen) atoms. The summed E-state index contributed by atoms with van der Waals surface area (Å²) in [5.41, 5.74) is 4.31. The van der Waals surface area contributed by atoms with Gasteiger partial charge in [0.1, 0.15) is 5.69 Å². The van der Waals surface area contributed by atoms with Crippen molar-refractivity contribution in [1.82, 2.24) is 4.98 Å². The molecule has 0 saturated carbocycles. The first-order chi connectivity index (χ1) is 9.16. The van der Waals surface area contributed by atoms with Gasteiger partial charge in [-0.3, -0.25) is 0 Å². The van der Waals surface area contributed by atoms with Gasteiger partial charge in [-0.15, -0.1) is 0 Å². The first kappa shape index (κ1) is 16.1. The van der Waals surface area contributed by atoms with E-state index >= 15 is 0 Å². The average molecular weight is 291 g/mol. The highest BCUT2D eigenvalue weighted by Crippen LogP contribution is 2.30. The molecule has 1 aromatic heterocycles. The third-order valence-corrected chi connectivity index (χ3v) is 2.77. The van der Waals surface area contributed by atoms with Crippen LogP contribution in [0.25, 0.3) is 0 Å². The van der Waals surface area contributed by atoms with E-state index in [0.29, 0.717) is 0 Å². The zero-order chi connectivity index (χ0) is 15.5. The molecular formula is C12H16F3N3O2. The molecule has 1 heterocycles. The van der Waals surface area contributed by atoms with Gasteiger partial charge < -0.3 is 15.7 Å². The zero-order valence-corrected chi connectivity index (χ0v) is 11.3. The van der Waals surface area contributed by atoms with Crippen molar-refractivity contribution in [3.05, 3.63) is 23.4 Å². The van der Waals surface area contributed by atoms with Crippen molar-refractivity contribution in [2.75, 3.05) is 0 Å². The first-order valence-corrected chi connectivity index (χ1v) is 5.89. The normalized spacial score (nSPS) is 14.4. The molecule has 1 aromatic rings. The number of alkyl halides is 3. The van der Waals surface area contributed by atoms with E-state index in [1.165, 1.54) is 0 Å². The van der Waals surface area contributed by atoms with Crippen LogP contribution in [0.4, 0.5) is 13.2 Å². The lowest BCUT2D eigenvalue weighted by molar-refractivity contribution is -0.141. The van der Waals surface area contributed by atoms with Crippen LogP contribution in [0.1, 0.15) is 32.0 Å². The van der Waals surface area contributed by atoms with E-state index in [9.17, 15) is 13.2 Å². The van der Waals surface area contributed by atoms with E-state index in [-0.39, 0.29) is 29.3 Å². The Morgan fingerprint density at radius 2 is 1.95 bits per heavy atom. The van der Waals surface area contributed by atoms with Crippen molar-refractivity contribution in [3.63, 3.8) is 0 Å². The maximum absolute atomic E-state index is 12.6. The Hall–Kier alpha value is -1.99.